The van der Waals surface area contributed by atoms with Gasteiger partial charge in [-0.05, 0) is 18.8 Å². The van der Waals surface area contributed by atoms with Crippen molar-refractivity contribution in [2.75, 3.05) is 6.54 Å². The highest BCUT2D eigenvalue weighted by Crippen LogP contribution is 2.35. The molecule has 0 saturated heterocycles. The van der Waals surface area contributed by atoms with Crippen LogP contribution in [0.15, 0.2) is 35.1 Å². The summed E-state index contributed by atoms with van der Waals surface area (Å²) in [6.07, 6.45) is 8.92. The highest BCUT2D eigenvalue weighted by molar-refractivity contribution is 5.58. The Balaban J connectivity index is 1.42. The molecule has 0 spiro atoms. The zero-order valence-electron chi connectivity index (χ0n) is 16.7. The van der Waals surface area contributed by atoms with E-state index in [2.05, 4.69) is 25.0 Å². The van der Waals surface area contributed by atoms with Crippen LogP contribution in [0.25, 0.3) is 11.4 Å². The van der Waals surface area contributed by atoms with Gasteiger partial charge in [0, 0.05) is 37.2 Å². The van der Waals surface area contributed by atoms with Crippen LogP contribution in [0.4, 0.5) is 5.69 Å². The fourth-order valence-corrected chi connectivity index (χ4v) is 4.67. The van der Waals surface area contributed by atoms with Gasteiger partial charge in [-0.2, -0.15) is 4.98 Å². The summed E-state index contributed by atoms with van der Waals surface area (Å²) >= 11 is 0. The molecule has 5 rings (SSSR count). The number of nitrogens with zero attached hydrogens (tertiary/aromatic N) is 5. The van der Waals surface area contributed by atoms with E-state index in [4.69, 9.17) is 4.52 Å². The minimum atomic E-state index is -0.420. The quantitative estimate of drug-likeness (QED) is 0.500. The molecule has 0 unspecified atom stereocenters. The van der Waals surface area contributed by atoms with Gasteiger partial charge in [0.2, 0.25) is 11.7 Å². The van der Waals surface area contributed by atoms with Crippen LogP contribution in [0.1, 0.15) is 55.4 Å². The third kappa shape index (κ3) is 3.72. The second-order valence-electron chi connectivity index (χ2n) is 8.24. The van der Waals surface area contributed by atoms with Crippen LogP contribution >= 0.6 is 0 Å². The molecule has 0 amide bonds. The first kappa shape index (κ1) is 18.9. The van der Waals surface area contributed by atoms with Crippen molar-refractivity contribution in [2.45, 2.75) is 51.1 Å². The second-order valence-corrected chi connectivity index (χ2v) is 8.24. The molecule has 156 valence electrons. The number of aromatic amines is 1. The van der Waals surface area contributed by atoms with Crippen LogP contribution < -0.4 is 0 Å². The minimum Gasteiger partial charge on any atom is -0.347 e. The van der Waals surface area contributed by atoms with Gasteiger partial charge >= 0.3 is 0 Å². The van der Waals surface area contributed by atoms with E-state index in [9.17, 15) is 10.1 Å². The number of hydrogen-bond donors (Lipinski definition) is 1. The standard InChI is InChI=1S/C21H24N6O3/c28-27(29)16-8-4-7-15(9-16)20-24-21(30-25-20)19-10-17-18(23-13-22-17)12-26(19)11-14-5-2-1-3-6-14/h4,7-9,13-14,19H,1-3,5-6,10-12H2,(H,22,23)/t19-/m0/s1. The van der Waals surface area contributed by atoms with Crippen LogP contribution in [0.5, 0.6) is 0 Å². The van der Waals surface area contributed by atoms with Gasteiger partial charge in [0.15, 0.2) is 0 Å². The molecule has 1 aliphatic heterocycles. The number of hydrogen-bond acceptors (Lipinski definition) is 7. The smallest absolute Gasteiger partial charge is 0.270 e. The van der Waals surface area contributed by atoms with Crippen LogP contribution in [-0.2, 0) is 13.0 Å². The largest absolute Gasteiger partial charge is 0.347 e. The first-order valence-corrected chi connectivity index (χ1v) is 10.5. The van der Waals surface area contributed by atoms with Crippen molar-refractivity contribution in [3.8, 4) is 11.4 Å². The predicted octanol–water partition coefficient (Wildman–Crippen LogP) is 4.05. The number of non-ortho nitro benzene ring substituents is 1. The van der Waals surface area contributed by atoms with Crippen molar-refractivity contribution >= 4 is 5.69 Å². The molecule has 0 bridgehead atoms. The van der Waals surface area contributed by atoms with Gasteiger partial charge in [-0.1, -0.05) is 36.6 Å². The number of fused-ring (bicyclic) bond motifs is 1. The fourth-order valence-electron chi connectivity index (χ4n) is 4.67. The first-order chi connectivity index (χ1) is 14.7. The Morgan fingerprint density at radius 3 is 2.97 bits per heavy atom. The summed E-state index contributed by atoms with van der Waals surface area (Å²) in [5.74, 6) is 1.60. The lowest BCUT2D eigenvalue weighted by Crippen LogP contribution is -2.38. The third-order valence-electron chi connectivity index (χ3n) is 6.26. The summed E-state index contributed by atoms with van der Waals surface area (Å²) in [6.45, 7) is 1.78. The van der Waals surface area contributed by atoms with E-state index in [1.807, 2.05) is 0 Å². The molecule has 30 heavy (non-hydrogen) atoms. The average molecular weight is 408 g/mol. The Morgan fingerprint density at radius 2 is 2.13 bits per heavy atom. The summed E-state index contributed by atoms with van der Waals surface area (Å²) in [7, 11) is 0. The zero-order chi connectivity index (χ0) is 20.5. The number of nitro benzene ring substituents is 1. The predicted molar refractivity (Wildman–Crippen MR) is 108 cm³/mol. The first-order valence-electron chi connectivity index (χ1n) is 10.5. The molecule has 1 atom stereocenters. The number of H-pyrrole nitrogens is 1. The molecule has 1 saturated carbocycles. The molecule has 3 heterocycles. The van der Waals surface area contributed by atoms with Crippen molar-refractivity contribution < 1.29 is 9.45 Å². The SMILES string of the molecule is O=[N+]([O-])c1cccc(-c2noc([C@@H]3Cc4nc[nH]c4CN3CC3CCCCC3)n2)c1. The highest BCUT2D eigenvalue weighted by Gasteiger charge is 2.34. The van der Waals surface area contributed by atoms with E-state index in [1.54, 1.807) is 18.5 Å². The Morgan fingerprint density at radius 1 is 1.27 bits per heavy atom. The van der Waals surface area contributed by atoms with Gasteiger partial charge in [0.25, 0.3) is 5.69 Å². The summed E-state index contributed by atoms with van der Waals surface area (Å²) in [5, 5.41) is 15.2. The van der Waals surface area contributed by atoms with Crippen molar-refractivity contribution in [3.05, 3.63) is 58.0 Å². The third-order valence-corrected chi connectivity index (χ3v) is 6.26. The molecule has 1 aromatic carbocycles. The van der Waals surface area contributed by atoms with E-state index in [0.29, 0.717) is 29.6 Å². The Kier molecular flexibility index (Phi) is 5.04. The fraction of sp³-hybridized carbons (Fsp3) is 0.476. The molecule has 3 aromatic rings. The Hall–Kier alpha value is -3.07. The second kappa shape index (κ2) is 7.98. The molecule has 9 heteroatoms. The topological polar surface area (TPSA) is 114 Å². The molecular weight excluding hydrogens is 384 g/mol. The van der Waals surface area contributed by atoms with E-state index < -0.39 is 4.92 Å². The Labute approximate surface area is 173 Å². The van der Waals surface area contributed by atoms with Crippen LogP contribution in [0.2, 0.25) is 0 Å². The molecule has 2 aliphatic rings. The Bertz CT molecular complexity index is 1040. The lowest BCUT2D eigenvalue weighted by atomic mass is 9.88. The number of imidazole rings is 1. The summed E-state index contributed by atoms with van der Waals surface area (Å²) < 4.78 is 5.66. The number of nitrogens with one attached hydrogen (secondary N) is 1. The van der Waals surface area contributed by atoms with Gasteiger partial charge < -0.3 is 9.51 Å². The normalized spacial score (nSPS) is 20.2. The maximum Gasteiger partial charge on any atom is 0.270 e. The van der Waals surface area contributed by atoms with Gasteiger partial charge in [0.1, 0.15) is 0 Å². The highest BCUT2D eigenvalue weighted by atomic mass is 16.6. The summed E-state index contributed by atoms with van der Waals surface area (Å²) in [5.41, 5.74) is 2.78. The molecule has 9 nitrogen and oxygen atoms in total. The summed E-state index contributed by atoms with van der Waals surface area (Å²) in [4.78, 5) is 25.4. The van der Waals surface area contributed by atoms with E-state index in [1.165, 1.54) is 44.2 Å². The zero-order valence-corrected chi connectivity index (χ0v) is 16.7. The summed E-state index contributed by atoms with van der Waals surface area (Å²) in [6, 6.07) is 6.28. The van der Waals surface area contributed by atoms with Gasteiger partial charge in [-0.15, -0.1) is 0 Å². The van der Waals surface area contributed by atoms with Crippen molar-refractivity contribution in [2.24, 2.45) is 5.92 Å². The molecular formula is C21H24N6O3. The van der Waals surface area contributed by atoms with Gasteiger partial charge in [-0.25, -0.2) is 4.98 Å². The number of aromatic nitrogens is 4. The van der Waals surface area contributed by atoms with Gasteiger partial charge in [-0.3, -0.25) is 15.0 Å². The maximum absolute atomic E-state index is 11.1. The monoisotopic (exact) mass is 408 g/mol. The minimum absolute atomic E-state index is 0.0107. The lowest BCUT2D eigenvalue weighted by molar-refractivity contribution is -0.384. The van der Waals surface area contributed by atoms with Crippen LogP contribution in [-0.4, -0.2) is 36.5 Å². The lowest BCUT2D eigenvalue weighted by Gasteiger charge is -2.36. The van der Waals surface area contributed by atoms with Crippen LogP contribution in [0.3, 0.4) is 0 Å². The number of rotatable bonds is 5. The van der Waals surface area contributed by atoms with Crippen molar-refractivity contribution in [1.82, 2.24) is 25.0 Å². The van der Waals surface area contributed by atoms with Gasteiger partial charge in [0.05, 0.1) is 28.7 Å². The van der Waals surface area contributed by atoms with E-state index in [-0.39, 0.29) is 11.7 Å². The van der Waals surface area contributed by atoms with Crippen molar-refractivity contribution in [3.63, 3.8) is 0 Å². The molecule has 1 fully saturated rings. The molecule has 1 N–H and O–H groups in total. The maximum atomic E-state index is 11.1. The average Bonchev–Trinajstić information content (AvgIpc) is 3.43. The van der Waals surface area contributed by atoms with E-state index >= 15 is 0 Å². The van der Waals surface area contributed by atoms with Crippen molar-refractivity contribution in [1.29, 1.82) is 0 Å². The van der Waals surface area contributed by atoms with E-state index in [0.717, 1.165) is 24.5 Å². The molecule has 1 aliphatic carbocycles. The number of benzene rings is 1. The number of nitro groups is 1. The van der Waals surface area contributed by atoms with Crippen LogP contribution in [0, 0.1) is 16.0 Å². The molecule has 0 radical (unpaired) electrons. The molecule has 2 aromatic heterocycles.